The second-order valence-electron chi connectivity index (χ2n) is 7.02. The van der Waals surface area contributed by atoms with Crippen molar-refractivity contribution in [1.29, 1.82) is 0 Å². The largest absolute Gasteiger partial charge is 0.436 e. The smallest absolute Gasteiger partial charge is 0.227 e. The van der Waals surface area contributed by atoms with Gasteiger partial charge >= 0.3 is 0 Å². The minimum absolute atomic E-state index is 0.0327. The number of aryl methyl sites for hydroxylation is 1. The topological polar surface area (TPSA) is 77.0 Å². The predicted octanol–water partition coefficient (Wildman–Crippen LogP) is 5.10. The van der Waals surface area contributed by atoms with Gasteiger partial charge in [-0.3, -0.25) is 0 Å². The molecule has 0 atom stereocenters. The Kier molecular flexibility index (Phi) is 4.58. The number of oxazole rings is 1. The summed E-state index contributed by atoms with van der Waals surface area (Å²) in [6.45, 7) is -0.0327. The second-order valence-corrected chi connectivity index (χ2v) is 7.45. The van der Waals surface area contributed by atoms with Crippen molar-refractivity contribution in [2.24, 2.45) is 7.05 Å². The Balaban J connectivity index is 1.62. The fourth-order valence-electron chi connectivity index (χ4n) is 3.49. The van der Waals surface area contributed by atoms with Crippen molar-refractivity contribution in [3.63, 3.8) is 0 Å². The molecule has 5 aromatic rings. The average Bonchev–Trinajstić information content (AvgIpc) is 3.39. The maximum Gasteiger partial charge on any atom is 0.227 e. The van der Waals surface area contributed by atoms with Crippen molar-refractivity contribution in [2.45, 2.75) is 6.61 Å². The maximum atomic E-state index is 9.35. The summed E-state index contributed by atoms with van der Waals surface area (Å²) < 4.78 is 7.80. The molecule has 30 heavy (non-hydrogen) atoms. The van der Waals surface area contributed by atoms with Crippen molar-refractivity contribution in [2.75, 3.05) is 0 Å². The van der Waals surface area contributed by atoms with E-state index in [-0.39, 0.29) is 6.61 Å². The van der Waals surface area contributed by atoms with Crippen LogP contribution in [0.25, 0.3) is 45.1 Å². The third-order valence-electron chi connectivity index (χ3n) is 4.99. The van der Waals surface area contributed by atoms with Gasteiger partial charge in [0.25, 0.3) is 0 Å². The first-order valence-corrected chi connectivity index (χ1v) is 9.75. The molecular weight excluding hydrogens is 400 g/mol. The lowest BCUT2D eigenvalue weighted by atomic mass is 9.97. The van der Waals surface area contributed by atoms with Crippen LogP contribution in [0.1, 0.15) is 5.56 Å². The fourth-order valence-corrected chi connectivity index (χ4v) is 3.67. The van der Waals surface area contributed by atoms with Gasteiger partial charge in [-0.25, -0.2) is 4.98 Å². The molecule has 6 nitrogen and oxygen atoms in total. The highest BCUT2D eigenvalue weighted by atomic mass is 35.5. The number of aromatic nitrogens is 4. The summed E-state index contributed by atoms with van der Waals surface area (Å²) in [6.07, 6.45) is 1.66. The van der Waals surface area contributed by atoms with Crippen molar-refractivity contribution in [3.8, 4) is 34.0 Å². The van der Waals surface area contributed by atoms with Crippen molar-refractivity contribution < 1.29 is 9.52 Å². The van der Waals surface area contributed by atoms with Gasteiger partial charge in [0.2, 0.25) is 5.89 Å². The van der Waals surface area contributed by atoms with Crippen LogP contribution in [0.3, 0.4) is 0 Å². The highest BCUT2D eigenvalue weighted by molar-refractivity contribution is 6.31. The van der Waals surface area contributed by atoms with E-state index in [0.29, 0.717) is 22.0 Å². The van der Waals surface area contributed by atoms with Crippen LogP contribution in [-0.4, -0.2) is 24.9 Å². The molecule has 3 aromatic carbocycles. The fraction of sp³-hybridized carbons (Fsp3) is 0.0870. The summed E-state index contributed by atoms with van der Waals surface area (Å²) in [4.78, 5) is 4.60. The third-order valence-corrected chi connectivity index (χ3v) is 5.22. The molecule has 0 aliphatic rings. The Morgan fingerprint density at radius 3 is 2.67 bits per heavy atom. The summed E-state index contributed by atoms with van der Waals surface area (Å²) in [5.74, 6) is 1.26. The van der Waals surface area contributed by atoms with Crippen LogP contribution < -0.4 is 0 Å². The maximum absolute atomic E-state index is 9.35. The Labute approximate surface area is 177 Å². The molecule has 0 amide bonds. The molecule has 2 heterocycles. The van der Waals surface area contributed by atoms with Crippen LogP contribution in [0.15, 0.2) is 71.4 Å². The van der Waals surface area contributed by atoms with E-state index in [4.69, 9.17) is 16.0 Å². The molecule has 1 N–H and O–H groups in total. The average molecular weight is 417 g/mol. The normalized spacial score (nSPS) is 11.3. The number of aliphatic hydroxyl groups is 1. The lowest BCUT2D eigenvalue weighted by Crippen LogP contribution is -1.94. The lowest BCUT2D eigenvalue weighted by molar-refractivity contribution is 0.282. The highest BCUT2D eigenvalue weighted by Gasteiger charge is 2.15. The third kappa shape index (κ3) is 3.26. The van der Waals surface area contributed by atoms with E-state index in [1.54, 1.807) is 6.33 Å². The lowest BCUT2D eigenvalue weighted by Gasteiger charge is -2.11. The number of aliphatic hydroxyl groups excluding tert-OH is 1. The van der Waals surface area contributed by atoms with E-state index in [1.807, 2.05) is 72.3 Å². The zero-order chi connectivity index (χ0) is 20.7. The number of hydrogen-bond acceptors (Lipinski definition) is 5. The molecule has 2 aromatic heterocycles. The molecule has 0 fully saturated rings. The Hall–Kier alpha value is -3.48. The van der Waals surface area contributed by atoms with Crippen LogP contribution >= 0.6 is 11.6 Å². The van der Waals surface area contributed by atoms with Crippen LogP contribution in [0, 0.1) is 0 Å². The molecule has 0 aliphatic carbocycles. The molecular formula is C23H17ClN4O2. The number of nitrogens with zero attached hydrogens (tertiary/aromatic N) is 4. The van der Waals surface area contributed by atoms with E-state index >= 15 is 0 Å². The van der Waals surface area contributed by atoms with Gasteiger partial charge in [-0.1, -0.05) is 35.9 Å². The molecule has 0 unspecified atom stereocenters. The molecule has 0 bridgehead atoms. The van der Waals surface area contributed by atoms with Gasteiger partial charge in [-0.05, 0) is 53.1 Å². The molecule has 148 valence electrons. The van der Waals surface area contributed by atoms with Gasteiger partial charge in [-0.15, -0.1) is 10.2 Å². The number of halogens is 1. The quantitative estimate of drug-likeness (QED) is 0.441. The number of fused-ring (bicyclic) bond motifs is 1. The molecule has 0 radical (unpaired) electrons. The Morgan fingerprint density at radius 2 is 1.87 bits per heavy atom. The number of rotatable bonds is 4. The Morgan fingerprint density at radius 1 is 1.00 bits per heavy atom. The first-order chi connectivity index (χ1) is 14.6. The van der Waals surface area contributed by atoms with Crippen molar-refractivity contribution in [1.82, 2.24) is 19.7 Å². The number of benzene rings is 3. The van der Waals surface area contributed by atoms with Crippen LogP contribution in [0.5, 0.6) is 0 Å². The van der Waals surface area contributed by atoms with Gasteiger partial charge in [0.05, 0.1) is 6.61 Å². The summed E-state index contributed by atoms with van der Waals surface area (Å²) >= 11 is 6.27. The van der Waals surface area contributed by atoms with Crippen LogP contribution in [0.4, 0.5) is 0 Å². The van der Waals surface area contributed by atoms with Crippen molar-refractivity contribution >= 4 is 22.7 Å². The summed E-state index contributed by atoms with van der Waals surface area (Å²) in [5.41, 5.74) is 5.91. The van der Waals surface area contributed by atoms with Crippen LogP contribution in [0.2, 0.25) is 5.02 Å². The summed E-state index contributed by atoms with van der Waals surface area (Å²) in [5, 5.41) is 18.2. The molecule has 0 saturated carbocycles. The minimum Gasteiger partial charge on any atom is -0.436 e. The van der Waals surface area contributed by atoms with Gasteiger partial charge in [0.1, 0.15) is 11.8 Å². The van der Waals surface area contributed by atoms with Gasteiger partial charge < -0.3 is 14.1 Å². The highest BCUT2D eigenvalue weighted by Crippen LogP contribution is 2.35. The van der Waals surface area contributed by atoms with E-state index in [1.165, 1.54) is 0 Å². The van der Waals surface area contributed by atoms with Crippen LogP contribution in [-0.2, 0) is 13.7 Å². The molecule has 7 heteroatoms. The second kappa shape index (κ2) is 7.40. The summed E-state index contributed by atoms with van der Waals surface area (Å²) in [7, 11) is 1.90. The SMILES string of the molecule is Cn1cnnc1-c1cc(Cl)ccc1-c1cccc(-c2nc3cc(CO)ccc3o2)c1. The zero-order valence-corrected chi connectivity index (χ0v) is 16.8. The monoisotopic (exact) mass is 416 g/mol. The standard InChI is InChI=1S/C23H17ClN4O2/c1-28-13-25-27-22(28)19-11-17(24)6-7-18(19)15-3-2-4-16(10-15)23-26-20-9-14(12-29)5-8-21(20)30-23/h2-11,13,29H,12H2,1H3. The molecule has 0 saturated heterocycles. The van der Waals surface area contributed by atoms with E-state index in [2.05, 4.69) is 15.2 Å². The Bertz CT molecular complexity index is 1370. The molecule has 5 rings (SSSR count). The molecule has 0 spiro atoms. The first kappa shape index (κ1) is 18.5. The van der Waals surface area contributed by atoms with Gasteiger partial charge in [0.15, 0.2) is 11.4 Å². The minimum atomic E-state index is -0.0327. The molecule has 0 aliphatic heterocycles. The first-order valence-electron chi connectivity index (χ1n) is 9.37. The zero-order valence-electron chi connectivity index (χ0n) is 16.1. The van der Waals surface area contributed by atoms with Gasteiger partial charge in [-0.2, -0.15) is 0 Å². The number of hydrogen-bond donors (Lipinski definition) is 1. The summed E-state index contributed by atoms with van der Waals surface area (Å²) in [6, 6.07) is 19.2. The van der Waals surface area contributed by atoms with Gasteiger partial charge in [0, 0.05) is 23.2 Å². The van der Waals surface area contributed by atoms with E-state index in [0.717, 1.165) is 33.6 Å². The van der Waals surface area contributed by atoms with E-state index in [9.17, 15) is 5.11 Å². The van der Waals surface area contributed by atoms with E-state index < -0.39 is 0 Å². The van der Waals surface area contributed by atoms with Crippen molar-refractivity contribution in [3.05, 3.63) is 77.6 Å². The predicted molar refractivity (Wildman–Crippen MR) is 116 cm³/mol.